The highest BCUT2D eigenvalue weighted by Gasteiger charge is 2.46. The zero-order valence-electron chi connectivity index (χ0n) is 20.1. The number of hydrogen-bond acceptors (Lipinski definition) is 6. The van der Waals surface area contributed by atoms with Gasteiger partial charge in [-0.15, -0.1) is 0 Å². The number of nitrogens with one attached hydrogen (secondary N) is 1. The number of carbonyl (C=O) groups excluding carboxylic acids is 2. The van der Waals surface area contributed by atoms with Crippen LogP contribution in [0.4, 0.5) is 4.39 Å². The quantitative estimate of drug-likeness (QED) is 0.464. The van der Waals surface area contributed by atoms with Crippen molar-refractivity contribution >= 4 is 21.8 Å². The van der Waals surface area contributed by atoms with E-state index in [9.17, 15) is 22.4 Å². The summed E-state index contributed by atoms with van der Waals surface area (Å²) in [6.45, 7) is 0.324. The molecule has 37 heavy (non-hydrogen) atoms. The molecule has 2 amide bonds. The van der Waals surface area contributed by atoms with Gasteiger partial charge in [0.15, 0.2) is 6.17 Å². The van der Waals surface area contributed by atoms with Crippen LogP contribution < -0.4 is 15.8 Å². The number of sulfonamides is 1. The normalized spacial score (nSPS) is 16.0. The lowest BCUT2D eigenvalue weighted by molar-refractivity contribution is -0.127. The van der Waals surface area contributed by atoms with E-state index >= 15 is 0 Å². The van der Waals surface area contributed by atoms with Crippen LogP contribution in [0.1, 0.15) is 21.5 Å². The van der Waals surface area contributed by atoms with Crippen LogP contribution in [0.5, 0.6) is 5.75 Å². The second-order valence-corrected chi connectivity index (χ2v) is 10.3. The van der Waals surface area contributed by atoms with Gasteiger partial charge < -0.3 is 20.7 Å². The number of rotatable bonds is 8. The van der Waals surface area contributed by atoms with Crippen molar-refractivity contribution in [1.29, 1.82) is 0 Å². The van der Waals surface area contributed by atoms with Crippen LogP contribution >= 0.6 is 0 Å². The Hall–Kier alpha value is -3.80. The SMILES string of the molecule is COc1ccc(C(=O)N2CCN(S(=O)(=O)c3ccc(F)cc3)C2C(=O)NCc2cccc(CN)c2)cc1. The molecule has 1 aliphatic heterocycles. The smallest absolute Gasteiger partial charge is 0.259 e. The molecule has 9 nitrogen and oxygen atoms in total. The fourth-order valence-electron chi connectivity index (χ4n) is 4.13. The number of carbonyl (C=O) groups is 2. The maximum atomic E-state index is 13.5. The molecule has 1 saturated heterocycles. The van der Waals surface area contributed by atoms with Gasteiger partial charge in [0.2, 0.25) is 10.0 Å². The average molecular weight is 527 g/mol. The van der Waals surface area contributed by atoms with E-state index in [4.69, 9.17) is 10.5 Å². The van der Waals surface area contributed by atoms with Crippen molar-refractivity contribution in [3.05, 3.63) is 95.3 Å². The fraction of sp³-hybridized carbons (Fsp3) is 0.231. The summed E-state index contributed by atoms with van der Waals surface area (Å²) in [5.41, 5.74) is 7.62. The van der Waals surface area contributed by atoms with Gasteiger partial charge >= 0.3 is 0 Å². The predicted octanol–water partition coefficient (Wildman–Crippen LogP) is 2.08. The molecule has 1 heterocycles. The van der Waals surface area contributed by atoms with Gasteiger partial charge in [-0.3, -0.25) is 9.59 Å². The monoisotopic (exact) mass is 526 g/mol. The van der Waals surface area contributed by atoms with E-state index in [-0.39, 0.29) is 30.1 Å². The van der Waals surface area contributed by atoms with Gasteiger partial charge in [-0.25, -0.2) is 12.8 Å². The maximum absolute atomic E-state index is 13.5. The Morgan fingerprint density at radius 1 is 1.03 bits per heavy atom. The first kappa shape index (κ1) is 26.3. The van der Waals surface area contributed by atoms with Crippen LogP contribution in [0.25, 0.3) is 0 Å². The second kappa shape index (κ2) is 11.1. The van der Waals surface area contributed by atoms with Gasteiger partial charge in [-0.1, -0.05) is 24.3 Å². The Bertz CT molecular complexity index is 1380. The van der Waals surface area contributed by atoms with Gasteiger partial charge in [-0.05, 0) is 59.7 Å². The first-order valence-corrected chi connectivity index (χ1v) is 13.0. The number of methoxy groups -OCH3 is 1. The highest BCUT2D eigenvalue weighted by atomic mass is 32.2. The number of halogens is 1. The minimum absolute atomic E-state index is 0.00790. The van der Waals surface area contributed by atoms with Crippen LogP contribution in [-0.4, -0.2) is 55.8 Å². The number of nitrogens with two attached hydrogens (primary N) is 1. The Morgan fingerprint density at radius 3 is 2.35 bits per heavy atom. The van der Waals surface area contributed by atoms with Crippen LogP contribution in [0, 0.1) is 5.82 Å². The molecular weight excluding hydrogens is 499 g/mol. The third kappa shape index (κ3) is 5.63. The van der Waals surface area contributed by atoms with E-state index < -0.39 is 33.8 Å². The van der Waals surface area contributed by atoms with Crippen LogP contribution in [0.2, 0.25) is 0 Å². The molecule has 0 radical (unpaired) electrons. The van der Waals surface area contributed by atoms with E-state index in [1.165, 1.54) is 12.0 Å². The molecule has 11 heteroatoms. The Balaban J connectivity index is 1.64. The molecule has 3 aromatic rings. The lowest BCUT2D eigenvalue weighted by Crippen LogP contribution is -2.53. The number of hydrogen-bond donors (Lipinski definition) is 2. The molecular formula is C26H27FN4O5S. The van der Waals surface area contributed by atoms with E-state index in [1.807, 2.05) is 18.2 Å². The summed E-state index contributed by atoms with van der Waals surface area (Å²) in [7, 11) is -2.73. The zero-order valence-corrected chi connectivity index (χ0v) is 20.9. The number of nitrogens with zero attached hydrogens (tertiary/aromatic N) is 2. The summed E-state index contributed by atoms with van der Waals surface area (Å²) in [5, 5.41) is 2.75. The Morgan fingerprint density at radius 2 is 1.70 bits per heavy atom. The molecule has 1 unspecified atom stereocenters. The van der Waals surface area contributed by atoms with Crippen molar-refractivity contribution in [1.82, 2.24) is 14.5 Å². The predicted molar refractivity (Wildman–Crippen MR) is 134 cm³/mol. The molecule has 1 aliphatic rings. The highest BCUT2D eigenvalue weighted by Crippen LogP contribution is 2.27. The van der Waals surface area contributed by atoms with E-state index in [0.29, 0.717) is 12.3 Å². The first-order valence-electron chi connectivity index (χ1n) is 11.5. The molecule has 0 aromatic heterocycles. The molecule has 3 N–H and O–H groups in total. The molecule has 0 spiro atoms. The second-order valence-electron chi connectivity index (χ2n) is 8.41. The molecule has 0 aliphatic carbocycles. The van der Waals surface area contributed by atoms with E-state index in [2.05, 4.69) is 5.32 Å². The topological polar surface area (TPSA) is 122 Å². The van der Waals surface area contributed by atoms with Crippen molar-refractivity contribution in [2.45, 2.75) is 24.2 Å². The minimum atomic E-state index is -4.23. The lowest BCUT2D eigenvalue weighted by Gasteiger charge is -2.29. The van der Waals surface area contributed by atoms with Crippen LogP contribution in [-0.2, 0) is 27.9 Å². The standard InChI is InChI=1S/C26H27FN4O5S/c1-36-22-9-5-20(6-10-22)26(33)30-13-14-31(37(34,35)23-11-7-21(27)8-12-23)25(30)24(32)29-17-19-4-2-3-18(15-19)16-28/h2-12,15,25H,13-14,16-17,28H2,1H3,(H,29,32). The largest absolute Gasteiger partial charge is 0.497 e. The molecule has 1 fully saturated rings. The van der Waals surface area contributed by atoms with Crippen molar-refractivity contribution < 1.29 is 27.1 Å². The van der Waals surface area contributed by atoms with Crippen LogP contribution in [0.3, 0.4) is 0 Å². The Kier molecular flexibility index (Phi) is 7.86. The molecule has 4 rings (SSSR count). The molecule has 0 bridgehead atoms. The number of ether oxygens (including phenoxy) is 1. The molecule has 3 aromatic carbocycles. The third-order valence-corrected chi connectivity index (χ3v) is 7.94. The van der Waals surface area contributed by atoms with Gasteiger partial charge in [0, 0.05) is 31.7 Å². The third-order valence-electron chi connectivity index (χ3n) is 6.08. The first-order chi connectivity index (χ1) is 17.7. The lowest BCUT2D eigenvalue weighted by atomic mass is 10.1. The number of amides is 2. The summed E-state index contributed by atoms with van der Waals surface area (Å²) in [6.07, 6.45) is -1.44. The maximum Gasteiger partial charge on any atom is 0.259 e. The number of benzene rings is 3. The molecule has 194 valence electrons. The summed E-state index contributed by atoms with van der Waals surface area (Å²) in [6, 6.07) is 17.9. The summed E-state index contributed by atoms with van der Waals surface area (Å²) in [5.74, 6) is -1.22. The van der Waals surface area contributed by atoms with Crippen molar-refractivity contribution in [3.63, 3.8) is 0 Å². The fourth-order valence-corrected chi connectivity index (χ4v) is 5.68. The summed E-state index contributed by atoms with van der Waals surface area (Å²) >= 11 is 0. The average Bonchev–Trinajstić information content (AvgIpc) is 3.38. The zero-order chi connectivity index (χ0) is 26.6. The van der Waals surface area contributed by atoms with E-state index in [0.717, 1.165) is 39.7 Å². The molecule has 0 saturated carbocycles. The van der Waals surface area contributed by atoms with Gasteiger partial charge in [0.05, 0.1) is 12.0 Å². The highest BCUT2D eigenvalue weighted by molar-refractivity contribution is 7.89. The summed E-state index contributed by atoms with van der Waals surface area (Å²) in [4.78, 5) is 27.9. The minimum Gasteiger partial charge on any atom is -0.497 e. The molecule has 1 atom stereocenters. The van der Waals surface area contributed by atoms with Gasteiger partial charge in [0.25, 0.3) is 11.8 Å². The van der Waals surface area contributed by atoms with Crippen molar-refractivity contribution in [2.24, 2.45) is 5.73 Å². The Labute approximate surface area is 214 Å². The van der Waals surface area contributed by atoms with Gasteiger partial charge in [0.1, 0.15) is 11.6 Å². The van der Waals surface area contributed by atoms with E-state index in [1.54, 1.807) is 30.3 Å². The van der Waals surface area contributed by atoms with Crippen molar-refractivity contribution in [3.8, 4) is 5.75 Å². The summed E-state index contributed by atoms with van der Waals surface area (Å²) < 4.78 is 46.5. The van der Waals surface area contributed by atoms with Gasteiger partial charge in [-0.2, -0.15) is 4.31 Å². The van der Waals surface area contributed by atoms with Crippen molar-refractivity contribution in [2.75, 3.05) is 20.2 Å². The van der Waals surface area contributed by atoms with Crippen LogP contribution in [0.15, 0.2) is 77.7 Å².